The molecular formula is C8H12O6S2. The molecule has 0 radical (unpaired) electrons. The van der Waals surface area contributed by atoms with Gasteiger partial charge in [0.2, 0.25) is 0 Å². The van der Waals surface area contributed by atoms with Crippen LogP contribution in [0.5, 0.6) is 0 Å². The molecule has 1 rings (SSSR count). The number of carbonyl (C=O) groups is 1. The predicted molar refractivity (Wildman–Crippen MR) is 56.9 cm³/mol. The topological polar surface area (TPSA) is 94.6 Å². The van der Waals surface area contributed by atoms with Crippen LogP contribution in [-0.4, -0.2) is 40.9 Å². The highest BCUT2D eigenvalue weighted by Gasteiger charge is 2.38. The summed E-state index contributed by atoms with van der Waals surface area (Å²) in [5.74, 6) is -2.14. The minimum Gasteiger partial charge on any atom is -0.462 e. The van der Waals surface area contributed by atoms with Crippen molar-refractivity contribution in [3.05, 3.63) is 9.81 Å². The van der Waals surface area contributed by atoms with E-state index in [4.69, 9.17) is 0 Å². The molecule has 8 heteroatoms. The van der Waals surface area contributed by atoms with Gasteiger partial charge in [0.25, 0.3) is 0 Å². The number of sulfone groups is 2. The standard InChI is InChI=1S/C8H12O6S2/c1-3-14-8(9)7-6(2)15(10,11)4-5-16(7,12)13/h3-5H2,1-2H3. The maximum atomic E-state index is 11.6. The van der Waals surface area contributed by atoms with Crippen molar-refractivity contribution in [2.24, 2.45) is 0 Å². The third-order valence-electron chi connectivity index (χ3n) is 2.18. The molecule has 0 unspecified atom stereocenters. The Kier molecular flexibility index (Phi) is 3.44. The van der Waals surface area contributed by atoms with Crippen molar-refractivity contribution >= 4 is 25.6 Å². The first-order valence-corrected chi connectivity index (χ1v) is 7.86. The number of hydrogen-bond acceptors (Lipinski definition) is 6. The number of allylic oxidation sites excluding steroid dienone is 1. The second kappa shape index (κ2) is 4.17. The molecular weight excluding hydrogens is 256 g/mol. The van der Waals surface area contributed by atoms with Gasteiger partial charge in [0.05, 0.1) is 23.0 Å². The van der Waals surface area contributed by atoms with Crippen LogP contribution in [0, 0.1) is 0 Å². The van der Waals surface area contributed by atoms with E-state index >= 15 is 0 Å². The van der Waals surface area contributed by atoms with Gasteiger partial charge < -0.3 is 4.74 Å². The Labute approximate surface area is 94.1 Å². The van der Waals surface area contributed by atoms with E-state index in [1.165, 1.54) is 6.92 Å². The van der Waals surface area contributed by atoms with E-state index in [1.54, 1.807) is 0 Å². The van der Waals surface area contributed by atoms with Crippen LogP contribution in [0.3, 0.4) is 0 Å². The van der Waals surface area contributed by atoms with Crippen LogP contribution in [0.15, 0.2) is 9.81 Å². The van der Waals surface area contributed by atoms with E-state index in [9.17, 15) is 21.6 Å². The molecule has 0 N–H and O–H groups in total. The van der Waals surface area contributed by atoms with Crippen LogP contribution in [-0.2, 0) is 29.2 Å². The molecule has 6 nitrogen and oxygen atoms in total. The van der Waals surface area contributed by atoms with E-state index in [1.807, 2.05) is 0 Å². The lowest BCUT2D eigenvalue weighted by molar-refractivity contribution is -0.137. The van der Waals surface area contributed by atoms with E-state index in [-0.39, 0.29) is 6.61 Å². The number of rotatable bonds is 2. The van der Waals surface area contributed by atoms with Gasteiger partial charge in [-0.1, -0.05) is 0 Å². The molecule has 1 aliphatic rings. The predicted octanol–water partition coefficient (Wildman–Crippen LogP) is -0.376. The molecule has 1 heterocycles. The minimum atomic E-state index is -3.84. The monoisotopic (exact) mass is 268 g/mol. The van der Waals surface area contributed by atoms with E-state index < -0.39 is 47.0 Å². The first-order chi connectivity index (χ1) is 7.22. The average Bonchev–Trinajstić information content (AvgIpc) is 2.13. The Balaban J connectivity index is 3.43. The lowest BCUT2D eigenvalue weighted by Crippen LogP contribution is -2.31. The van der Waals surface area contributed by atoms with Crippen molar-refractivity contribution < 1.29 is 26.4 Å². The summed E-state index contributed by atoms with van der Waals surface area (Å²) in [6, 6.07) is 0. The molecule has 0 aliphatic carbocycles. The van der Waals surface area contributed by atoms with Gasteiger partial charge in [-0.15, -0.1) is 0 Å². The quantitative estimate of drug-likeness (QED) is 0.634. The zero-order valence-electron chi connectivity index (χ0n) is 8.89. The molecule has 0 aromatic carbocycles. The van der Waals surface area contributed by atoms with Crippen LogP contribution in [0.4, 0.5) is 0 Å². The van der Waals surface area contributed by atoms with Crippen molar-refractivity contribution in [3.63, 3.8) is 0 Å². The third-order valence-corrected chi connectivity index (χ3v) is 6.28. The smallest absolute Gasteiger partial charge is 0.350 e. The van der Waals surface area contributed by atoms with Gasteiger partial charge >= 0.3 is 5.97 Å². The van der Waals surface area contributed by atoms with Crippen LogP contribution >= 0.6 is 0 Å². The number of carbonyl (C=O) groups excluding carboxylic acids is 1. The molecule has 0 aromatic rings. The summed E-state index contributed by atoms with van der Waals surface area (Å²) in [7, 11) is -7.48. The molecule has 0 spiro atoms. The highest BCUT2D eigenvalue weighted by molar-refractivity contribution is 8.02. The summed E-state index contributed by atoms with van der Waals surface area (Å²) in [5.41, 5.74) is 0. The minimum absolute atomic E-state index is 0.00875. The molecule has 0 saturated heterocycles. The SMILES string of the molecule is CCOC(=O)C1=C(C)S(=O)(=O)CCS1(=O)=O. The largest absolute Gasteiger partial charge is 0.462 e. The van der Waals surface area contributed by atoms with Gasteiger partial charge in [-0.2, -0.15) is 0 Å². The first kappa shape index (κ1) is 13.2. The van der Waals surface area contributed by atoms with Crippen molar-refractivity contribution in [1.82, 2.24) is 0 Å². The number of hydrogen-bond donors (Lipinski definition) is 0. The summed E-state index contributed by atoms with van der Waals surface area (Å²) in [5, 5.41) is 0. The fourth-order valence-electron chi connectivity index (χ4n) is 1.30. The maximum Gasteiger partial charge on any atom is 0.350 e. The molecule has 16 heavy (non-hydrogen) atoms. The molecule has 0 atom stereocenters. The van der Waals surface area contributed by atoms with E-state index in [0.29, 0.717) is 0 Å². The van der Waals surface area contributed by atoms with Gasteiger partial charge in [0, 0.05) is 0 Å². The maximum absolute atomic E-state index is 11.6. The lowest BCUT2D eigenvalue weighted by Gasteiger charge is -2.16. The summed E-state index contributed by atoms with van der Waals surface area (Å²) in [4.78, 5) is 10.2. The fraction of sp³-hybridized carbons (Fsp3) is 0.625. The zero-order valence-corrected chi connectivity index (χ0v) is 10.5. The van der Waals surface area contributed by atoms with Gasteiger partial charge in [0.15, 0.2) is 24.6 Å². The molecule has 0 aromatic heterocycles. The molecule has 0 saturated carbocycles. The Hall–Kier alpha value is -0.890. The Morgan fingerprint density at radius 3 is 2.19 bits per heavy atom. The Morgan fingerprint density at radius 1 is 1.19 bits per heavy atom. The summed E-state index contributed by atoms with van der Waals surface area (Å²) < 4.78 is 50.6. The zero-order chi connectivity index (χ0) is 12.6. The van der Waals surface area contributed by atoms with Crippen LogP contribution in [0.25, 0.3) is 0 Å². The van der Waals surface area contributed by atoms with Crippen molar-refractivity contribution in [2.45, 2.75) is 13.8 Å². The average molecular weight is 268 g/mol. The van der Waals surface area contributed by atoms with Gasteiger partial charge in [-0.3, -0.25) is 0 Å². The summed E-state index contributed by atoms with van der Waals surface area (Å²) >= 11 is 0. The van der Waals surface area contributed by atoms with Crippen molar-refractivity contribution in [2.75, 3.05) is 18.1 Å². The third kappa shape index (κ3) is 2.27. The summed E-state index contributed by atoms with van der Waals surface area (Å²) in [6.45, 7) is 2.61. The van der Waals surface area contributed by atoms with Crippen molar-refractivity contribution in [3.8, 4) is 0 Å². The van der Waals surface area contributed by atoms with Crippen molar-refractivity contribution in [1.29, 1.82) is 0 Å². The van der Waals surface area contributed by atoms with E-state index in [0.717, 1.165) is 6.92 Å². The first-order valence-electron chi connectivity index (χ1n) is 4.56. The lowest BCUT2D eigenvalue weighted by atomic mass is 10.5. The Morgan fingerprint density at radius 2 is 1.69 bits per heavy atom. The van der Waals surface area contributed by atoms with Crippen LogP contribution in [0.2, 0.25) is 0 Å². The molecule has 0 fully saturated rings. The second-order valence-corrected chi connectivity index (χ2v) is 7.54. The molecule has 0 bridgehead atoms. The van der Waals surface area contributed by atoms with E-state index in [2.05, 4.69) is 4.74 Å². The van der Waals surface area contributed by atoms with Gasteiger partial charge in [-0.25, -0.2) is 21.6 Å². The van der Waals surface area contributed by atoms with Crippen LogP contribution < -0.4 is 0 Å². The normalized spacial score (nSPS) is 22.9. The van der Waals surface area contributed by atoms with Gasteiger partial charge in [0.1, 0.15) is 0 Å². The fourth-order valence-corrected chi connectivity index (χ4v) is 5.45. The number of esters is 1. The molecule has 0 amide bonds. The highest BCUT2D eigenvalue weighted by atomic mass is 32.2. The van der Waals surface area contributed by atoms with Crippen LogP contribution in [0.1, 0.15) is 13.8 Å². The molecule has 1 aliphatic heterocycles. The Bertz CT molecular complexity index is 537. The summed E-state index contributed by atoms with van der Waals surface area (Å²) in [6.07, 6.45) is 0. The van der Waals surface area contributed by atoms with Gasteiger partial charge in [-0.05, 0) is 13.8 Å². The highest BCUT2D eigenvalue weighted by Crippen LogP contribution is 2.25. The second-order valence-electron chi connectivity index (χ2n) is 3.24. The number of ether oxygens (including phenoxy) is 1. The molecule has 92 valence electrons.